The van der Waals surface area contributed by atoms with Gasteiger partial charge in [0.2, 0.25) is 10.0 Å². The van der Waals surface area contributed by atoms with Crippen LogP contribution in [0.1, 0.15) is 23.7 Å². The lowest BCUT2D eigenvalue weighted by molar-refractivity contribution is 0.583. The number of sulfonamides is 1. The van der Waals surface area contributed by atoms with Crippen LogP contribution in [0, 0.1) is 0 Å². The molecule has 0 radical (unpaired) electrons. The van der Waals surface area contributed by atoms with Gasteiger partial charge in [-0.2, -0.15) is 5.10 Å². The van der Waals surface area contributed by atoms with E-state index in [-0.39, 0.29) is 6.54 Å². The Labute approximate surface area is 122 Å². The van der Waals surface area contributed by atoms with Crippen LogP contribution in [-0.4, -0.2) is 18.2 Å². The van der Waals surface area contributed by atoms with Gasteiger partial charge in [-0.3, -0.25) is 4.68 Å². The van der Waals surface area contributed by atoms with Gasteiger partial charge < -0.3 is 5.73 Å². The molecule has 0 amide bonds. The lowest BCUT2D eigenvalue weighted by Gasteiger charge is -2.04. The summed E-state index contributed by atoms with van der Waals surface area (Å²) in [6, 6.07) is 1.61. The molecule has 2 aromatic rings. The molecule has 0 saturated carbocycles. The third-order valence-electron chi connectivity index (χ3n) is 2.91. The highest BCUT2D eigenvalue weighted by molar-refractivity contribution is 7.91. The molecule has 8 heteroatoms. The summed E-state index contributed by atoms with van der Waals surface area (Å²) in [4.78, 5) is 0. The topological polar surface area (TPSA) is 90.0 Å². The number of hydrogen-bond acceptors (Lipinski definition) is 5. The Kier molecular flexibility index (Phi) is 4.59. The van der Waals surface area contributed by atoms with Crippen LogP contribution >= 0.6 is 11.3 Å². The number of aryl methyl sites for hydroxylation is 2. The van der Waals surface area contributed by atoms with E-state index in [1.165, 1.54) is 11.3 Å². The van der Waals surface area contributed by atoms with Gasteiger partial charge in [0, 0.05) is 31.9 Å². The van der Waals surface area contributed by atoms with Crippen LogP contribution in [0.5, 0.6) is 0 Å². The quantitative estimate of drug-likeness (QED) is 0.831. The minimum Gasteiger partial charge on any atom is -0.326 e. The van der Waals surface area contributed by atoms with Crippen molar-refractivity contribution in [3.05, 3.63) is 34.5 Å². The first-order valence-electron chi connectivity index (χ1n) is 6.24. The van der Waals surface area contributed by atoms with Crippen molar-refractivity contribution in [3.63, 3.8) is 0 Å². The molecule has 0 aromatic carbocycles. The van der Waals surface area contributed by atoms with E-state index >= 15 is 0 Å². The Morgan fingerprint density at radius 2 is 2.25 bits per heavy atom. The Morgan fingerprint density at radius 1 is 1.50 bits per heavy atom. The highest BCUT2D eigenvalue weighted by Gasteiger charge is 2.17. The van der Waals surface area contributed by atoms with Gasteiger partial charge in [-0.15, -0.1) is 11.3 Å². The fraction of sp³-hybridized carbons (Fsp3) is 0.417. The van der Waals surface area contributed by atoms with Crippen molar-refractivity contribution in [3.8, 4) is 0 Å². The Balaban J connectivity index is 2.12. The predicted octanol–water partition coefficient (Wildman–Crippen LogP) is 0.981. The number of aromatic nitrogens is 2. The second kappa shape index (κ2) is 6.04. The molecular formula is C12H18N4O2S2. The van der Waals surface area contributed by atoms with Crippen molar-refractivity contribution in [1.82, 2.24) is 14.5 Å². The van der Waals surface area contributed by atoms with E-state index in [0.717, 1.165) is 23.2 Å². The lowest BCUT2D eigenvalue weighted by atomic mass is 10.2. The molecular weight excluding hydrogens is 296 g/mol. The molecule has 2 aromatic heterocycles. The maximum atomic E-state index is 12.2. The summed E-state index contributed by atoms with van der Waals surface area (Å²) in [5, 5.41) is 6.05. The van der Waals surface area contributed by atoms with Gasteiger partial charge in [0.25, 0.3) is 0 Å². The molecule has 0 bridgehead atoms. The first-order chi connectivity index (χ1) is 9.46. The van der Waals surface area contributed by atoms with Crippen LogP contribution in [0.2, 0.25) is 0 Å². The van der Waals surface area contributed by atoms with E-state index in [0.29, 0.717) is 10.8 Å². The second-order valence-corrected chi connectivity index (χ2v) is 7.34. The molecule has 2 rings (SSSR count). The zero-order valence-electron chi connectivity index (χ0n) is 11.5. The monoisotopic (exact) mass is 314 g/mol. The highest BCUT2D eigenvalue weighted by atomic mass is 32.2. The summed E-state index contributed by atoms with van der Waals surface area (Å²) in [5.41, 5.74) is 8.12. The normalized spacial score (nSPS) is 11.9. The SMILES string of the molecule is CCc1nn(C)cc1CNS(=O)(=O)c1cc(CN)cs1. The zero-order valence-corrected chi connectivity index (χ0v) is 13.1. The van der Waals surface area contributed by atoms with E-state index in [4.69, 9.17) is 5.73 Å². The summed E-state index contributed by atoms with van der Waals surface area (Å²) < 4.78 is 28.9. The number of nitrogens with zero attached hydrogens (tertiary/aromatic N) is 2. The number of rotatable bonds is 6. The Bertz CT molecular complexity index is 688. The number of thiophene rings is 1. The standard InChI is InChI=1S/C12H18N4O2S2/c1-3-11-10(7-16(2)15-11)6-14-20(17,18)12-4-9(5-13)8-19-12/h4,7-8,14H,3,5-6,13H2,1-2H3. The molecule has 110 valence electrons. The summed E-state index contributed by atoms with van der Waals surface area (Å²) >= 11 is 1.18. The predicted molar refractivity (Wildman–Crippen MR) is 78.8 cm³/mol. The largest absolute Gasteiger partial charge is 0.326 e. The average molecular weight is 314 g/mol. The molecule has 0 atom stereocenters. The lowest BCUT2D eigenvalue weighted by Crippen LogP contribution is -2.22. The van der Waals surface area contributed by atoms with Gasteiger partial charge in [0.15, 0.2) is 0 Å². The van der Waals surface area contributed by atoms with Crippen LogP contribution in [0.15, 0.2) is 21.9 Å². The molecule has 6 nitrogen and oxygen atoms in total. The maximum absolute atomic E-state index is 12.2. The van der Waals surface area contributed by atoms with Gasteiger partial charge >= 0.3 is 0 Å². The first-order valence-corrected chi connectivity index (χ1v) is 8.61. The van der Waals surface area contributed by atoms with Crippen LogP contribution in [0.3, 0.4) is 0 Å². The van der Waals surface area contributed by atoms with Gasteiger partial charge in [0.1, 0.15) is 4.21 Å². The minimum atomic E-state index is -3.49. The number of hydrogen-bond donors (Lipinski definition) is 2. The third kappa shape index (κ3) is 3.26. The molecule has 0 aliphatic rings. The van der Waals surface area contributed by atoms with E-state index in [1.807, 2.05) is 20.2 Å². The van der Waals surface area contributed by atoms with Crippen LogP contribution < -0.4 is 10.5 Å². The Hall–Kier alpha value is -1.22. The molecule has 0 aliphatic carbocycles. The molecule has 0 spiro atoms. The summed E-state index contributed by atoms with van der Waals surface area (Å²) in [6.07, 6.45) is 2.61. The maximum Gasteiger partial charge on any atom is 0.250 e. The van der Waals surface area contributed by atoms with E-state index < -0.39 is 10.0 Å². The molecule has 2 heterocycles. The van der Waals surface area contributed by atoms with E-state index in [1.54, 1.807) is 16.1 Å². The fourth-order valence-corrected chi connectivity index (χ4v) is 4.15. The highest BCUT2D eigenvalue weighted by Crippen LogP contribution is 2.20. The first kappa shape index (κ1) is 15.2. The minimum absolute atomic E-state index is 0.245. The average Bonchev–Trinajstić information content (AvgIpc) is 3.02. The van der Waals surface area contributed by atoms with Gasteiger partial charge in [0.05, 0.1) is 5.69 Å². The van der Waals surface area contributed by atoms with Crippen molar-refractivity contribution in [1.29, 1.82) is 0 Å². The summed E-state index contributed by atoms with van der Waals surface area (Å²) in [7, 11) is -1.66. The number of nitrogens with one attached hydrogen (secondary N) is 1. The van der Waals surface area contributed by atoms with Crippen molar-refractivity contribution >= 4 is 21.4 Å². The molecule has 0 aliphatic heterocycles. The molecule has 3 N–H and O–H groups in total. The Morgan fingerprint density at radius 3 is 2.85 bits per heavy atom. The smallest absolute Gasteiger partial charge is 0.250 e. The van der Waals surface area contributed by atoms with Crippen LogP contribution in [-0.2, 0) is 36.6 Å². The van der Waals surface area contributed by atoms with E-state index in [2.05, 4.69) is 9.82 Å². The molecule has 0 fully saturated rings. The fourth-order valence-electron chi connectivity index (χ4n) is 1.87. The molecule has 0 unspecified atom stereocenters. The number of nitrogens with two attached hydrogens (primary N) is 1. The summed E-state index contributed by atoms with van der Waals surface area (Å²) in [5.74, 6) is 0. The molecule has 20 heavy (non-hydrogen) atoms. The summed E-state index contributed by atoms with van der Waals surface area (Å²) in [6.45, 7) is 2.58. The van der Waals surface area contributed by atoms with Gasteiger partial charge in [-0.1, -0.05) is 6.92 Å². The second-order valence-electron chi connectivity index (χ2n) is 4.43. The van der Waals surface area contributed by atoms with Gasteiger partial charge in [-0.25, -0.2) is 13.1 Å². The zero-order chi connectivity index (χ0) is 14.8. The van der Waals surface area contributed by atoms with Crippen LogP contribution in [0.4, 0.5) is 0 Å². The van der Waals surface area contributed by atoms with Crippen molar-refractivity contribution in [2.45, 2.75) is 30.6 Å². The van der Waals surface area contributed by atoms with Crippen molar-refractivity contribution < 1.29 is 8.42 Å². The van der Waals surface area contributed by atoms with Gasteiger partial charge in [-0.05, 0) is 23.4 Å². The third-order valence-corrected chi connectivity index (χ3v) is 5.80. The van der Waals surface area contributed by atoms with Crippen molar-refractivity contribution in [2.75, 3.05) is 0 Å². The van der Waals surface area contributed by atoms with Crippen molar-refractivity contribution in [2.24, 2.45) is 12.8 Å². The van der Waals surface area contributed by atoms with Crippen LogP contribution in [0.25, 0.3) is 0 Å². The van der Waals surface area contributed by atoms with E-state index in [9.17, 15) is 8.42 Å². The molecule has 0 saturated heterocycles.